The summed E-state index contributed by atoms with van der Waals surface area (Å²) in [4.78, 5) is 28.2. The molecule has 0 radical (unpaired) electrons. The fraction of sp³-hybridized carbons (Fsp3) is 0.200. The fourth-order valence-corrected chi connectivity index (χ4v) is 4.43. The number of carbonyl (C=O) groups excluding carboxylic acids is 2. The van der Waals surface area contributed by atoms with Crippen molar-refractivity contribution >= 4 is 22.6 Å². The highest BCUT2D eigenvalue weighted by Crippen LogP contribution is 2.22. The zero-order chi connectivity index (χ0) is 24.6. The number of likely N-dealkylation sites (N-methyl/N-ethyl adjacent to an activating group) is 1. The largest absolute Gasteiger partial charge is 0.357 e. The maximum atomic E-state index is 14.6. The minimum Gasteiger partial charge on any atom is -0.357 e. The predicted molar refractivity (Wildman–Crippen MR) is 137 cm³/mol. The van der Waals surface area contributed by atoms with Crippen LogP contribution in [-0.2, 0) is 29.0 Å². The minimum atomic E-state index is -0.762. The molecule has 4 aromatic carbocycles. The van der Waals surface area contributed by atoms with Gasteiger partial charge in [-0.25, -0.2) is 4.39 Å². The molecule has 0 saturated heterocycles. The third kappa shape index (κ3) is 5.93. The molecule has 0 heterocycles. The summed E-state index contributed by atoms with van der Waals surface area (Å²) in [6, 6.07) is 29.3. The molecule has 0 aliphatic carbocycles. The Balaban J connectivity index is 1.63. The summed E-state index contributed by atoms with van der Waals surface area (Å²) >= 11 is 0. The van der Waals surface area contributed by atoms with E-state index in [2.05, 4.69) is 11.4 Å². The average molecular weight is 469 g/mol. The lowest BCUT2D eigenvalue weighted by Gasteiger charge is -2.31. The van der Waals surface area contributed by atoms with Crippen molar-refractivity contribution < 1.29 is 14.0 Å². The molecule has 4 nitrogen and oxygen atoms in total. The van der Waals surface area contributed by atoms with Gasteiger partial charge in [-0.1, -0.05) is 91.0 Å². The van der Waals surface area contributed by atoms with Crippen molar-refractivity contribution in [3.05, 3.63) is 120 Å². The van der Waals surface area contributed by atoms with Gasteiger partial charge in [0.1, 0.15) is 11.9 Å². The first-order valence-electron chi connectivity index (χ1n) is 11.8. The summed E-state index contributed by atoms with van der Waals surface area (Å²) < 4.78 is 14.6. The number of amides is 2. The number of carbonyl (C=O) groups is 2. The van der Waals surface area contributed by atoms with Crippen LogP contribution in [0, 0.1) is 5.82 Å². The fourth-order valence-electron chi connectivity index (χ4n) is 4.43. The summed E-state index contributed by atoms with van der Waals surface area (Å²) in [5.41, 5.74) is 2.39. The molecule has 1 atom stereocenters. The van der Waals surface area contributed by atoms with Crippen LogP contribution in [-0.4, -0.2) is 29.8 Å². The van der Waals surface area contributed by atoms with Crippen LogP contribution in [0.1, 0.15) is 23.1 Å². The quantitative estimate of drug-likeness (QED) is 0.363. The van der Waals surface area contributed by atoms with Gasteiger partial charge in [0, 0.05) is 32.0 Å². The summed E-state index contributed by atoms with van der Waals surface area (Å²) in [7, 11) is 1.56. The Bertz CT molecular complexity index is 1300. The average Bonchev–Trinajstić information content (AvgIpc) is 2.90. The number of benzene rings is 4. The number of hydrogen-bond acceptors (Lipinski definition) is 2. The van der Waals surface area contributed by atoms with E-state index < -0.39 is 11.9 Å². The molecule has 1 N–H and O–H groups in total. The molecule has 35 heavy (non-hydrogen) atoms. The monoisotopic (exact) mass is 468 g/mol. The van der Waals surface area contributed by atoms with Crippen molar-refractivity contribution in [3.8, 4) is 0 Å². The first kappa shape index (κ1) is 24.1. The van der Waals surface area contributed by atoms with Crippen molar-refractivity contribution in [2.24, 2.45) is 0 Å². The van der Waals surface area contributed by atoms with Crippen LogP contribution >= 0.6 is 0 Å². The molecule has 4 aromatic rings. The molecule has 0 aliphatic rings. The topological polar surface area (TPSA) is 49.4 Å². The van der Waals surface area contributed by atoms with E-state index in [1.54, 1.807) is 25.2 Å². The van der Waals surface area contributed by atoms with Gasteiger partial charge < -0.3 is 10.2 Å². The number of aryl methyl sites for hydroxylation is 1. The molecule has 0 saturated carbocycles. The maximum Gasteiger partial charge on any atom is 0.242 e. The number of fused-ring (bicyclic) bond motifs is 1. The lowest BCUT2D eigenvalue weighted by atomic mass is 9.99. The van der Waals surface area contributed by atoms with Gasteiger partial charge in [-0.3, -0.25) is 9.59 Å². The van der Waals surface area contributed by atoms with Gasteiger partial charge in [0.2, 0.25) is 11.8 Å². The highest BCUT2D eigenvalue weighted by atomic mass is 19.1. The SMILES string of the molecule is CNC(=O)[C@@H](Cc1ccccc1)N(Cc1ccccc1F)C(=O)CCc1cccc2ccccc12. The van der Waals surface area contributed by atoms with Gasteiger partial charge in [0.25, 0.3) is 0 Å². The molecule has 0 fully saturated rings. The molecule has 0 aromatic heterocycles. The highest BCUT2D eigenvalue weighted by Gasteiger charge is 2.30. The van der Waals surface area contributed by atoms with Gasteiger partial charge in [-0.2, -0.15) is 0 Å². The van der Waals surface area contributed by atoms with E-state index >= 15 is 0 Å². The zero-order valence-electron chi connectivity index (χ0n) is 19.8. The number of halogens is 1. The first-order valence-corrected chi connectivity index (χ1v) is 11.8. The Morgan fingerprint density at radius 2 is 1.49 bits per heavy atom. The molecular formula is C30H29FN2O2. The normalized spacial score (nSPS) is 11.7. The van der Waals surface area contributed by atoms with E-state index in [4.69, 9.17) is 0 Å². The second-order valence-electron chi connectivity index (χ2n) is 8.57. The summed E-state index contributed by atoms with van der Waals surface area (Å²) in [5.74, 6) is -0.857. The van der Waals surface area contributed by atoms with Crippen LogP contribution in [0.15, 0.2) is 97.1 Å². The van der Waals surface area contributed by atoms with Crippen LogP contribution < -0.4 is 5.32 Å². The zero-order valence-corrected chi connectivity index (χ0v) is 19.8. The number of rotatable bonds is 9. The molecule has 0 aliphatic heterocycles. The van der Waals surface area contributed by atoms with Gasteiger partial charge in [0.15, 0.2) is 0 Å². The smallest absolute Gasteiger partial charge is 0.242 e. The summed E-state index contributed by atoms with van der Waals surface area (Å²) in [6.07, 6.45) is 1.08. The Morgan fingerprint density at radius 1 is 0.829 bits per heavy atom. The van der Waals surface area contributed by atoms with Crippen LogP contribution in [0.25, 0.3) is 10.8 Å². The van der Waals surface area contributed by atoms with Crippen LogP contribution in [0.5, 0.6) is 0 Å². The second kappa shape index (κ2) is 11.4. The standard InChI is InChI=1S/C30H29FN2O2/c1-32-30(35)28(20-22-10-3-2-4-11-22)33(21-25-13-6-8-17-27(25)31)29(34)19-18-24-15-9-14-23-12-5-7-16-26(23)24/h2-17,28H,18-21H2,1H3,(H,32,35)/t28-/m1/s1. The van der Waals surface area contributed by atoms with Crippen molar-refractivity contribution in [2.75, 3.05) is 7.05 Å². The van der Waals surface area contributed by atoms with E-state index in [1.807, 2.05) is 66.7 Å². The van der Waals surface area contributed by atoms with Gasteiger partial charge in [-0.15, -0.1) is 0 Å². The highest BCUT2D eigenvalue weighted by molar-refractivity contribution is 5.89. The first-order chi connectivity index (χ1) is 17.1. The van der Waals surface area contributed by atoms with Gasteiger partial charge in [0.05, 0.1) is 0 Å². The molecule has 0 spiro atoms. The van der Waals surface area contributed by atoms with Crippen molar-refractivity contribution in [3.63, 3.8) is 0 Å². The second-order valence-corrected chi connectivity index (χ2v) is 8.57. The Hall–Kier alpha value is -3.99. The molecule has 5 heteroatoms. The number of hydrogen-bond donors (Lipinski definition) is 1. The van der Waals surface area contributed by atoms with Crippen LogP contribution in [0.4, 0.5) is 4.39 Å². The molecular weight excluding hydrogens is 439 g/mol. The lowest BCUT2D eigenvalue weighted by Crippen LogP contribution is -2.49. The van der Waals surface area contributed by atoms with E-state index in [9.17, 15) is 14.0 Å². The molecule has 4 rings (SSSR count). The third-order valence-corrected chi connectivity index (χ3v) is 6.30. The molecule has 2 amide bonds. The molecule has 178 valence electrons. The van der Waals surface area contributed by atoms with Crippen LogP contribution in [0.3, 0.4) is 0 Å². The maximum absolute atomic E-state index is 14.6. The lowest BCUT2D eigenvalue weighted by molar-refractivity contribution is -0.141. The number of nitrogens with zero attached hydrogens (tertiary/aromatic N) is 1. The van der Waals surface area contributed by atoms with E-state index in [-0.39, 0.29) is 24.8 Å². The van der Waals surface area contributed by atoms with E-state index in [1.165, 1.54) is 11.0 Å². The van der Waals surface area contributed by atoms with E-state index in [0.717, 1.165) is 21.9 Å². The Labute approximate surface area is 205 Å². The third-order valence-electron chi connectivity index (χ3n) is 6.30. The molecule has 0 unspecified atom stereocenters. The minimum absolute atomic E-state index is 0.0198. The summed E-state index contributed by atoms with van der Waals surface area (Å²) in [5, 5.41) is 4.92. The Kier molecular flexibility index (Phi) is 7.88. The molecule has 0 bridgehead atoms. The van der Waals surface area contributed by atoms with Crippen molar-refractivity contribution in [1.29, 1.82) is 0 Å². The predicted octanol–water partition coefficient (Wildman–Crippen LogP) is 5.30. The van der Waals surface area contributed by atoms with Gasteiger partial charge in [-0.05, 0) is 34.4 Å². The number of nitrogens with one attached hydrogen (secondary N) is 1. The Morgan fingerprint density at radius 3 is 2.26 bits per heavy atom. The van der Waals surface area contributed by atoms with Crippen LogP contribution in [0.2, 0.25) is 0 Å². The van der Waals surface area contributed by atoms with E-state index in [0.29, 0.717) is 18.4 Å². The van der Waals surface area contributed by atoms with Crippen molar-refractivity contribution in [2.45, 2.75) is 31.8 Å². The van der Waals surface area contributed by atoms with Crippen molar-refractivity contribution in [1.82, 2.24) is 10.2 Å². The van der Waals surface area contributed by atoms with Gasteiger partial charge >= 0.3 is 0 Å². The summed E-state index contributed by atoms with van der Waals surface area (Å²) in [6.45, 7) is 0.0198.